The van der Waals surface area contributed by atoms with Crippen LogP contribution >= 0.6 is 12.2 Å². The van der Waals surface area contributed by atoms with Crippen LogP contribution in [0.4, 0.5) is 11.4 Å². The molecule has 2 atom stereocenters. The highest BCUT2D eigenvalue weighted by Crippen LogP contribution is 2.45. The molecule has 0 radical (unpaired) electrons. The van der Waals surface area contributed by atoms with Crippen LogP contribution in [0.15, 0.2) is 72.9 Å². The van der Waals surface area contributed by atoms with E-state index in [9.17, 15) is 0 Å². The molecule has 2 aromatic carbocycles. The lowest BCUT2D eigenvalue weighted by Gasteiger charge is -2.41. The van der Waals surface area contributed by atoms with Gasteiger partial charge in [0.1, 0.15) is 0 Å². The second kappa shape index (κ2) is 8.80. The molecule has 0 bridgehead atoms. The minimum atomic E-state index is -0.0476. The smallest absolute Gasteiger partial charge is 0.174 e. The first-order chi connectivity index (χ1) is 16.7. The fourth-order valence-corrected chi connectivity index (χ4v) is 5.70. The second-order valence-electron chi connectivity index (χ2n) is 10.6. The summed E-state index contributed by atoms with van der Waals surface area (Å²) in [4.78, 5) is 9.32. The Morgan fingerprint density at radius 2 is 1.77 bits per heavy atom. The number of fused-ring (bicyclic) bond motifs is 1. The van der Waals surface area contributed by atoms with E-state index < -0.39 is 0 Å². The summed E-state index contributed by atoms with van der Waals surface area (Å²) >= 11 is 5.92. The Hall–Kier alpha value is -3.18. The normalized spacial score (nSPS) is 21.1. The third-order valence-corrected chi connectivity index (χ3v) is 7.83. The van der Waals surface area contributed by atoms with Gasteiger partial charge in [-0.2, -0.15) is 0 Å². The molecule has 4 nitrogen and oxygen atoms in total. The zero-order chi connectivity index (χ0) is 24.9. The van der Waals surface area contributed by atoms with E-state index in [1.54, 1.807) is 0 Å². The minimum Gasteiger partial charge on any atom is -0.366 e. The molecule has 0 unspecified atom stereocenters. The lowest BCUT2D eigenvalue weighted by Crippen LogP contribution is -2.42. The summed E-state index contributed by atoms with van der Waals surface area (Å²) < 4.78 is 0. The first-order valence-electron chi connectivity index (χ1n) is 12.4. The van der Waals surface area contributed by atoms with Crippen molar-refractivity contribution in [3.63, 3.8) is 0 Å². The number of benzene rings is 2. The van der Waals surface area contributed by atoms with Gasteiger partial charge in [-0.05, 0) is 92.0 Å². The number of hydrogen-bond donors (Lipinski definition) is 1. The van der Waals surface area contributed by atoms with Crippen molar-refractivity contribution < 1.29 is 0 Å². The van der Waals surface area contributed by atoms with E-state index in [-0.39, 0.29) is 17.6 Å². The molecule has 0 saturated carbocycles. The fraction of sp³-hybridized carbons (Fsp3) is 0.333. The summed E-state index contributed by atoms with van der Waals surface area (Å²) in [5.41, 5.74) is 8.45. The molecule has 2 aliphatic heterocycles. The zero-order valence-corrected chi connectivity index (χ0v) is 22.2. The third-order valence-electron chi connectivity index (χ3n) is 7.52. The summed E-state index contributed by atoms with van der Waals surface area (Å²) in [5, 5.41) is 4.32. The van der Waals surface area contributed by atoms with Gasteiger partial charge in [0.25, 0.3) is 0 Å². The van der Waals surface area contributed by atoms with Crippen molar-refractivity contribution in [1.82, 2.24) is 10.3 Å². The van der Waals surface area contributed by atoms with Crippen LogP contribution in [0.1, 0.15) is 75.0 Å². The van der Waals surface area contributed by atoms with Crippen LogP contribution in [0.2, 0.25) is 0 Å². The van der Waals surface area contributed by atoms with E-state index in [4.69, 9.17) is 17.2 Å². The molecule has 0 aliphatic carbocycles. The number of nitrogens with zero attached hydrogens (tertiary/aromatic N) is 3. The fourth-order valence-electron chi connectivity index (χ4n) is 5.35. The van der Waals surface area contributed by atoms with Gasteiger partial charge in [0.2, 0.25) is 0 Å². The highest BCUT2D eigenvalue weighted by molar-refractivity contribution is 7.80. The molecule has 2 aliphatic rings. The Labute approximate surface area is 214 Å². The van der Waals surface area contributed by atoms with Crippen molar-refractivity contribution >= 4 is 34.3 Å². The summed E-state index contributed by atoms with van der Waals surface area (Å²) in [6, 6.07) is 21.7. The van der Waals surface area contributed by atoms with Crippen LogP contribution < -0.4 is 15.1 Å². The van der Waals surface area contributed by atoms with Crippen LogP contribution in [0.25, 0.3) is 5.57 Å². The highest BCUT2D eigenvalue weighted by Gasteiger charge is 2.41. The van der Waals surface area contributed by atoms with Gasteiger partial charge in [-0.3, -0.25) is 4.98 Å². The van der Waals surface area contributed by atoms with Gasteiger partial charge in [-0.25, -0.2) is 0 Å². The standard InChI is InChI=1S/C30H34N4S/c1-19(2)21-10-13-23(14-11-21)34-28(27(32-29(34)35)25-9-7-8-16-31-25)22-12-15-26-24(17-22)20(3)18-30(4,5)33(26)6/h7-19,27-28H,1-6H3,(H,32,35)/t27-,28-/m1/s1. The Morgan fingerprint density at radius 3 is 2.43 bits per heavy atom. The summed E-state index contributed by atoms with van der Waals surface area (Å²) in [6.45, 7) is 11.2. The molecule has 5 rings (SSSR count). The average Bonchev–Trinajstić information content (AvgIpc) is 3.19. The lowest BCUT2D eigenvalue weighted by atomic mass is 9.86. The SMILES string of the molecule is CC1=CC(C)(C)N(C)c2ccc([C@@H]3[C@@H](c4ccccn4)NC(=S)N3c3ccc(C(C)C)cc3)cc21. The molecule has 1 aromatic heterocycles. The van der Waals surface area contributed by atoms with Gasteiger partial charge in [-0.1, -0.05) is 44.2 Å². The lowest BCUT2D eigenvalue weighted by molar-refractivity contribution is 0.566. The van der Waals surface area contributed by atoms with Crippen LogP contribution in [0.5, 0.6) is 0 Å². The Morgan fingerprint density at radius 1 is 1.03 bits per heavy atom. The first-order valence-corrected chi connectivity index (χ1v) is 12.8. The third kappa shape index (κ3) is 4.12. The molecule has 3 heterocycles. The molecule has 1 N–H and O–H groups in total. The Balaban J connectivity index is 1.63. The van der Waals surface area contributed by atoms with E-state index in [0.717, 1.165) is 16.5 Å². The number of nitrogens with one attached hydrogen (secondary N) is 1. The summed E-state index contributed by atoms with van der Waals surface area (Å²) in [5.74, 6) is 0.487. The second-order valence-corrected chi connectivity index (χ2v) is 10.9. The molecule has 180 valence electrons. The van der Waals surface area contributed by atoms with Crippen LogP contribution in [-0.4, -0.2) is 22.7 Å². The average molecular weight is 483 g/mol. The van der Waals surface area contributed by atoms with Crippen molar-refractivity contribution in [2.24, 2.45) is 0 Å². The predicted molar refractivity (Wildman–Crippen MR) is 151 cm³/mol. The number of thiocarbonyl (C=S) groups is 1. The molecule has 35 heavy (non-hydrogen) atoms. The monoisotopic (exact) mass is 482 g/mol. The number of allylic oxidation sites excluding steroid dienone is 1. The van der Waals surface area contributed by atoms with Gasteiger partial charge in [0, 0.05) is 30.2 Å². The van der Waals surface area contributed by atoms with Gasteiger partial charge >= 0.3 is 0 Å². The van der Waals surface area contributed by atoms with E-state index in [2.05, 4.69) is 111 Å². The number of likely N-dealkylation sites (N-methyl/N-ethyl adjacent to an activating group) is 1. The zero-order valence-electron chi connectivity index (χ0n) is 21.4. The quantitative estimate of drug-likeness (QED) is 0.404. The van der Waals surface area contributed by atoms with Crippen molar-refractivity contribution in [3.8, 4) is 0 Å². The molecule has 0 amide bonds. The molecule has 0 spiro atoms. The van der Waals surface area contributed by atoms with Gasteiger partial charge in [0.15, 0.2) is 5.11 Å². The molecule has 3 aromatic rings. The number of hydrogen-bond acceptors (Lipinski definition) is 3. The highest BCUT2D eigenvalue weighted by atomic mass is 32.1. The summed E-state index contributed by atoms with van der Waals surface area (Å²) in [7, 11) is 2.17. The number of rotatable bonds is 4. The summed E-state index contributed by atoms with van der Waals surface area (Å²) in [6.07, 6.45) is 4.21. The minimum absolute atomic E-state index is 0.0133. The van der Waals surface area contributed by atoms with Crippen LogP contribution in [-0.2, 0) is 0 Å². The topological polar surface area (TPSA) is 31.4 Å². The number of aromatic nitrogens is 1. The van der Waals surface area contributed by atoms with Crippen molar-refractivity contribution in [2.75, 3.05) is 16.8 Å². The maximum Gasteiger partial charge on any atom is 0.174 e. The molecule has 1 fully saturated rings. The van der Waals surface area contributed by atoms with Crippen LogP contribution in [0, 0.1) is 0 Å². The molecular weight excluding hydrogens is 448 g/mol. The van der Waals surface area contributed by atoms with E-state index in [1.807, 2.05) is 18.3 Å². The predicted octanol–water partition coefficient (Wildman–Crippen LogP) is 7.01. The van der Waals surface area contributed by atoms with Crippen LogP contribution in [0.3, 0.4) is 0 Å². The number of anilines is 2. The molecule has 1 saturated heterocycles. The van der Waals surface area contributed by atoms with Gasteiger partial charge < -0.3 is 15.1 Å². The van der Waals surface area contributed by atoms with Crippen molar-refractivity contribution in [2.45, 2.75) is 58.2 Å². The van der Waals surface area contributed by atoms with Crippen molar-refractivity contribution in [1.29, 1.82) is 0 Å². The molecule has 5 heteroatoms. The molecular formula is C30H34N4S. The first kappa shape index (κ1) is 23.6. The van der Waals surface area contributed by atoms with Crippen molar-refractivity contribution in [3.05, 3.63) is 95.3 Å². The van der Waals surface area contributed by atoms with Gasteiger partial charge in [-0.15, -0.1) is 0 Å². The number of pyridine rings is 1. The van der Waals surface area contributed by atoms with Gasteiger partial charge in [0.05, 0.1) is 23.3 Å². The van der Waals surface area contributed by atoms with E-state index >= 15 is 0 Å². The maximum atomic E-state index is 5.92. The maximum absolute atomic E-state index is 5.92. The Kier molecular flexibility index (Phi) is 5.92. The van der Waals surface area contributed by atoms with E-state index in [0.29, 0.717) is 5.92 Å². The largest absolute Gasteiger partial charge is 0.366 e. The van der Waals surface area contributed by atoms with E-state index in [1.165, 1.54) is 28.0 Å². The Bertz CT molecular complexity index is 1280.